The number of benzene rings is 1. The summed E-state index contributed by atoms with van der Waals surface area (Å²) in [5, 5.41) is 6.48. The first-order valence-electron chi connectivity index (χ1n) is 8.37. The van der Waals surface area contributed by atoms with Crippen molar-refractivity contribution >= 4 is 5.91 Å². The predicted molar refractivity (Wildman–Crippen MR) is 92.8 cm³/mol. The summed E-state index contributed by atoms with van der Waals surface area (Å²) in [6, 6.07) is 12.8. The number of rotatable bonds is 5. The molecule has 0 spiro atoms. The first-order chi connectivity index (χ1) is 11.1. The van der Waals surface area contributed by atoms with E-state index in [1.54, 1.807) is 0 Å². The van der Waals surface area contributed by atoms with Crippen LogP contribution in [0.4, 0.5) is 0 Å². The molecule has 2 N–H and O–H groups in total. The van der Waals surface area contributed by atoms with E-state index in [-0.39, 0.29) is 5.91 Å². The van der Waals surface area contributed by atoms with Crippen molar-refractivity contribution in [3.05, 3.63) is 58.9 Å². The van der Waals surface area contributed by atoms with Crippen molar-refractivity contribution < 1.29 is 4.79 Å². The lowest BCUT2D eigenvalue weighted by Crippen LogP contribution is -2.37. The van der Waals surface area contributed by atoms with E-state index in [4.69, 9.17) is 0 Å². The molecule has 2 heterocycles. The molecular formula is C19H25N3O. The monoisotopic (exact) mass is 311 g/mol. The third-order valence-corrected chi connectivity index (χ3v) is 4.67. The molecule has 1 fully saturated rings. The maximum Gasteiger partial charge on any atom is 0.253 e. The number of amides is 1. The van der Waals surface area contributed by atoms with E-state index in [0.29, 0.717) is 12.6 Å². The van der Waals surface area contributed by atoms with Crippen molar-refractivity contribution in [2.45, 2.75) is 39.3 Å². The molecular weight excluding hydrogens is 286 g/mol. The molecule has 0 radical (unpaired) electrons. The Kier molecular flexibility index (Phi) is 4.82. The highest BCUT2D eigenvalue weighted by atomic mass is 16.1. The summed E-state index contributed by atoms with van der Waals surface area (Å²) in [7, 11) is 0. The molecule has 1 aliphatic rings. The molecule has 23 heavy (non-hydrogen) atoms. The van der Waals surface area contributed by atoms with Crippen molar-refractivity contribution in [3.63, 3.8) is 0 Å². The molecule has 122 valence electrons. The number of nitrogens with one attached hydrogen (secondary N) is 2. The van der Waals surface area contributed by atoms with Crippen LogP contribution in [0.15, 0.2) is 36.4 Å². The van der Waals surface area contributed by atoms with Gasteiger partial charge in [0.15, 0.2) is 0 Å². The van der Waals surface area contributed by atoms with Crippen molar-refractivity contribution in [1.82, 2.24) is 15.2 Å². The molecule has 3 rings (SSSR count). The van der Waals surface area contributed by atoms with E-state index in [1.165, 1.54) is 12.0 Å². The molecule has 4 heteroatoms. The van der Waals surface area contributed by atoms with Crippen LogP contribution in [0.1, 0.15) is 40.2 Å². The Bertz CT molecular complexity index is 669. The second kappa shape index (κ2) is 7.01. The standard InChI is InChI=1S/C19H25N3O/c1-14-11-18(19(23)21-12-17-9-6-10-20-17)15(2)22(14)13-16-7-4-3-5-8-16/h3-5,7-8,11,17,20H,6,9-10,12-13H2,1-2H3,(H,21,23). The van der Waals surface area contributed by atoms with Gasteiger partial charge >= 0.3 is 0 Å². The second-order valence-corrected chi connectivity index (χ2v) is 6.36. The third kappa shape index (κ3) is 3.64. The smallest absolute Gasteiger partial charge is 0.253 e. The van der Waals surface area contributed by atoms with Gasteiger partial charge in [-0.3, -0.25) is 4.79 Å². The molecule has 1 aromatic carbocycles. The Morgan fingerprint density at radius 1 is 1.30 bits per heavy atom. The molecule has 1 aliphatic heterocycles. The summed E-state index contributed by atoms with van der Waals surface area (Å²) in [6.45, 7) is 6.66. The summed E-state index contributed by atoms with van der Waals surface area (Å²) in [5.74, 6) is 0.0334. The average Bonchev–Trinajstić information content (AvgIpc) is 3.17. The molecule has 0 aliphatic carbocycles. The summed E-state index contributed by atoms with van der Waals surface area (Å²) in [5.41, 5.74) is 4.19. The van der Waals surface area contributed by atoms with E-state index in [9.17, 15) is 4.79 Å². The van der Waals surface area contributed by atoms with Crippen molar-refractivity contribution in [3.8, 4) is 0 Å². The van der Waals surface area contributed by atoms with Crippen LogP contribution in [0, 0.1) is 13.8 Å². The van der Waals surface area contributed by atoms with Gasteiger partial charge in [0.25, 0.3) is 5.91 Å². The lowest BCUT2D eigenvalue weighted by molar-refractivity contribution is 0.0949. The highest BCUT2D eigenvalue weighted by Crippen LogP contribution is 2.17. The van der Waals surface area contributed by atoms with Gasteiger partial charge in [0.1, 0.15) is 0 Å². The third-order valence-electron chi connectivity index (χ3n) is 4.67. The Morgan fingerprint density at radius 2 is 2.09 bits per heavy atom. The molecule has 0 bridgehead atoms. The zero-order valence-corrected chi connectivity index (χ0v) is 13.9. The largest absolute Gasteiger partial charge is 0.350 e. The molecule has 4 nitrogen and oxygen atoms in total. The Balaban J connectivity index is 1.70. The van der Waals surface area contributed by atoms with Crippen LogP contribution in [0.25, 0.3) is 0 Å². The normalized spacial score (nSPS) is 17.4. The summed E-state index contributed by atoms with van der Waals surface area (Å²) >= 11 is 0. The first kappa shape index (κ1) is 15.8. The van der Waals surface area contributed by atoms with Gasteiger partial charge in [-0.2, -0.15) is 0 Å². The number of hydrogen-bond donors (Lipinski definition) is 2. The van der Waals surface area contributed by atoms with E-state index in [0.717, 1.165) is 36.5 Å². The molecule has 0 saturated carbocycles. The van der Waals surface area contributed by atoms with Gasteiger partial charge in [0.05, 0.1) is 5.56 Å². The van der Waals surface area contributed by atoms with Crippen molar-refractivity contribution in [1.29, 1.82) is 0 Å². The van der Waals surface area contributed by atoms with Crippen LogP contribution < -0.4 is 10.6 Å². The molecule has 1 aromatic heterocycles. The minimum absolute atomic E-state index is 0.0334. The number of carbonyl (C=O) groups is 1. The van der Waals surface area contributed by atoms with Crippen LogP contribution in [0.3, 0.4) is 0 Å². The van der Waals surface area contributed by atoms with Gasteiger partial charge in [0, 0.05) is 30.5 Å². The fourth-order valence-corrected chi connectivity index (χ4v) is 3.28. The maximum absolute atomic E-state index is 12.5. The van der Waals surface area contributed by atoms with E-state index in [2.05, 4.69) is 34.3 Å². The minimum atomic E-state index is 0.0334. The van der Waals surface area contributed by atoms with Gasteiger partial charge in [-0.25, -0.2) is 0 Å². The van der Waals surface area contributed by atoms with E-state index < -0.39 is 0 Å². The fourth-order valence-electron chi connectivity index (χ4n) is 3.28. The lowest BCUT2D eigenvalue weighted by atomic mass is 10.2. The first-order valence-corrected chi connectivity index (χ1v) is 8.37. The highest BCUT2D eigenvalue weighted by molar-refractivity contribution is 5.95. The number of aryl methyl sites for hydroxylation is 1. The number of hydrogen-bond acceptors (Lipinski definition) is 2. The van der Waals surface area contributed by atoms with E-state index in [1.807, 2.05) is 31.2 Å². The predicted octanol–water partition coefficient (Wildman–Crippen LogP) is 2.64. The molecule has 2 aromatic rings. The zero-order valence-electron chi connectivity index (χ0n) is 13.9. The van der Waals surface area contributed by atoms with Gasteiger partial charge in [0.2, 0.25) is 0 Å². The van der Waals surface area contributed by atoms with Crippen LogP contribution in [-0.4, -0.2) is 29.6 Å². The van der Waals surface area contributed by atoms with Gasteiger partial charge < -0.3 is 15.2 Å². The van der Waals surface area contributed by atoms with E-state index >= 15 is 0 Å². The molecule has 1 amide bonds. The summed E-state index contributed by atoms with van der Waals surface area (Å²) in [4.78, 5) is 12.5. The van der Waals surface area contributed by atoms with Crippen LogP contribution in [0.2, 0.25) is 0 Å². The summed E-state index contributed by atoms with van der Waals surface area (Å²) in [6.07, 6.45) is 2.35. The lowest BCUT2D eigenvalue weighted by Gasteiger charge is -2.12. The Hall–Kier alpha value is -2.07. The number of carbonyl (C=O) groups excluding carboxylic acids is 1. The van der Waals surface area contributed by atoms with Crippen LogP contribution >= 0.6 is 0 Å². The van der Waals surface area contributed by atoms with Gasteiger partial charge in [-0.1, -0.05) is 30.3 Å². The topological polar surface area (TPSA) is 46.1 Å². The Morgan fingerprint density at radius 3 is 2.78 bits per heavy atom. The zero-order chi connectivity index (χ0) is 16.2. The number of aromatic nitrogens is 1. The number of nitrogens with zero attached hydrogens (tertiary/aromatic N) is 1. The SMILES string of the molecule is Cc1cc(C(=O)NCC2CCCN2)c(C)n1Cc1ccccc1. The quantitative estimate of drug-likeness (QED) is 0.892. The van der Waals surface area contributed by atoms with Gasteiger partial charge in [-0.05, 0) is 44.9 Å². The fraction of sp³-hybridized carbons (Fsp3) is 0.421. The van der Waals surface area contributed by atoms with Gasteiger partial charge in [-0.15, -0.1) is 0 Å². The molecule has 1 saturated heterocycles. The average molecular weight is 311 g/mol. The van der Waals surface area contributed by atoms with Crippen molar-refractivity contribution in [2.24, 2.45) is 0 Å². The Labute approximate surface area is 137 Å². The van der Waals surface area contributed by atoms with Crippen molar-refractivity contribution in [2.75, 3.05) is 13.1 Å². The second-order valence-electron chi connectivity index (χ2n) is 6.36. The molecule has 1 unspecified atom stereocenters. The highest BCUT2D eigenvalue weighted by Gasteiger charge is 2.18. The van der Waals surface area contributed by atoms with Crippen LogP contribution in [-0.2, 0) is 6.54 Å². The van der Waals surface area contributed by atoms with Crippen LogP contribution in [0.5, 0.6) is 0 Å². The molecule has 1 atom stereocenters. The maximum atomic E-state index is 12.5. The summed E-state index contributed by atoms with van der Waals surface area (Å²) < 4.78 is 2.21. The minimum Gasteiger partial charge on any atom is -0.350 e.